The molecule has 8 nitrogen and oxygen atoms in total. The first-order valence-corrected chi connectivity index (χ1v) is 12.2. The number of nitrogens with zero attached hydrogens (tertiary/aromatic N) is 4. The van der Waals surface area contributed by atoms with E-state index < -0.39 is 0 Å². The molecule has 182 valence electrons. The van der Waals surface area contributed by atoms with Crippen LogP contribution in [0.3, 0.4) is 0 Å². The first-order chi connectivity index (χ1) is 18.2. The monoisotopic (exact) mass is 487 g/mol. The molecule has 0 radical (unpaired) electrons. The Kier molecular flexibility index (Phi) is 5.82. The summed E-state index contributed by atoms with van der Waals surface area (Å²) in [5.74, 6) is -0.0943. The highest BCUT2D eigenvalue weighted by Gasteiger charge is 2.24. The summed E-state index contributed by atoms with van der Waals surface area (Å²) in [4.78, 5) is 26.1. The first kappa shape index (κ1) is 22.5. The summed E-state index contributed by atoms with van der Waals surface area (Å²) in [6.45, 7) is 0.513. The second-order valence-electron chi connectivity index (χ2n) is 8.84. The highest BCUT2D eigenvalue weighted by molar-refractivity contribution is 6.11. The van der Waals surface area contributed by atoms with Gasteiger partial charge >= 0.3 is 0 Å². The zero-order valence-corrected chi connectivity index (χ0v) is 20.1. The van der Waals surface area contributed by atoms with Crippen LogP contribution in [-0.2, 0) is 6.42 Å². The molecule has 0 aliphatic heterocycles. The molecule has 3 aromatic heterocycles. The number of nitrogens with two attached hydrogens (primary N) is 1. The SMILES string of the molecule is Nc1c(C(=O)NCCCc2ccccc2)c2nc3ccccc3nc2n1/N=C\c1c[nH]c2ccccc12. The number of nitrogens with one attached hydrogen (secondary N) is 2. The van der Waals surface area contributed by atoms with Crippen molar-refractivity contribution >= 4 is 51.0 Å². The minimum Gasteiger partial charge on any atom is -0.383 e. The zero-order valence-electron chi connectivity index (χ0n) is 20.1. The average Bonchev–Trinajstić information content (AvgIpc) is 3.46. The number of hydrogen-bond acceptors (Lipinski definition) is 5. The summed E-state index contributed by atoms with van der Waals surface area (Å²) < 4.78 is 1.50. The van der Waals surface area contributed by atoms with Crippen LogP contribution in [0.5, 0.6) is 0 Å². The maximum atomic E-state index is 13.3. The number of nitrogen functional groups attached to an aromatic ring is 1. The topological polar surface area (TPSA) is 114 Å². The molecule has 0 bridgehead atoms. The summed E-state index contributed by atoms with van der Waals surface area (Å²) in [7, 11) is 0. The van der Waals surface area contributed by atoms with E-state index in [1.807, 2.05) is 72.9 Å². The van der Waals surface area contributed by atoms with Crippen molar-refractivity contribution < 1.29 is 4.79 Å². The number of aryl methyl sites for hydroxylation is 1. The Morgan fingerprint density at radius 3 is 2.54 bits per heavy atom. The van der Waals surface area contributed by atoms with Gasteiger partial charge in [-0.3, -0.25) is 4.79 Å². The minimum absolute atomic E-state index is 0.196. The van der Waals surface area contributed by atoms with E-state index in [0.717, 1.165) is 29.3 Å². The van der Waals surface area contributed by atoms with Crippen molar-refractivity contribution in [2.45, 2.75) is 12.8 Å². The Hall–Kier alpha value is -4.98. The maximum absolute atomic E-state index is 13.3. The molecular weight excluding hydrogens is 462 g/mol. The number of para-hydroxylation sites is 3. The molecule has 6 aromatic rings. The number of fused-ring (bicyclic) bond motifs is 3. The molecule has 0 saturated heterocycles. The lowest BCUT2D eigenvalue weighted by atomic mass is 10.1. The van der Waals surface area contributed by atoms with Gasteiger partial charge in [-0.2, -0.15) is 9.78 Å². The van der Waals surface area contributed by atoms with Crippen LogP contribution in [0.1, 0.15) is 27.9 Å². The predicted molar refractivity (Wildman–Crippen MR) is 148 cm³/mol. The fraction of sp³-hybridized carbons (Fsp3) is 0.103. The fourth-order valence-electron chi connectivity index (χ4n) is 4.54. The van der Waals surface area contributed by atoms with Crippen molar-refractivity contribution in [3.8, 4) is 0 Å². The lowest BCUT2D eigenvalue weighted by molar-refractivity contribution is 0.0955. The van der Waals surface area contributed by atoms with E-state index in [4.69, 9.17) is 15.7 Å². The molecule has 0 aliphatic carbocycles. The molecule has 0 aliphatic rings. The maximum Gasteiger partial charge on any atom is 0.257 e. The van der Waals surface area contributed by atoms with Gasteiger partial charge in [0.25, 0.3) is 5.91 Å². The van der Waals surface area contributed by atoms with E-state index >= 15 is 0 Å². The van der Waals surface area contributed by atoms with Crippen molar-refractivity contribution in [1.29, 1.82) is 0 Å². The summed E-state index contributed by atoms with van der Waals surface area (Å²) in [5.41, 5.74) is 12.2. The largest absolute Gasteiger partial charge is 0.383 e. The summed E-state index contributed by atoms with van der Waals surface area (Å²) in [6, 6.07) is 25.7. The zero-order chi connectivity index (χ0) is 25.2. The summed E-state index contributed by atoms with van der Waals surface area (Å²) in [6.07, 6.45) is 5.28. The Bertz CT molecular complexity index is 1770. The van der Waals surface area contributed by atoms with Gasteiger partial charge in [0.05, 0.1) is 17.2 Å². The molecule has 0 fully saturated rings. The van der Waals surface area contributed by atoms with E-state index in [-0.39, 0.29) is 17.3 Å². The van der Waals surface area contributed by atoms with Crippen LogP contribution in [-0.4, -0.2) is 38.3 Å². The smallest absolute Gasteiger partial charge is 0.257 e. The second kappa shape index (κ2) is 9.58. The van der Waals surface area contributed by atoms with E-state index in [9.17, 15) is 4.79 Å². The molecule has 1 amide bonds. The van der Waals surface area contributed by atoms with Crippen molar-refractivity contribution in [3.05, 3.63) is 102 Å². The number of carbonyl (C=O) groups excluding carboxylic acids is 1. The molecular formula is C29H25N7O. The van der Waals surface area contributed by atoms with Crippen LogP contribution in [0, 0.1) is 0 Å². The predicted octanol–water partition coefficient (Wildman–Crippen LogP) is 4.89. The third-order valence-electron chi connectivity index (χ3n) is 6.41. The van der Waals surface area contributed by atoms with Crippen LogP contribution in [0.2, 0.25) is 0 Å². The Morgan fingerprint density at radius 1 is 0.973 bits per heavy atom. The molecule has 0 spiro atoms. The Morgan fingerprint density at radius 2 is 1.70 bits per heavy atom. The fourth-order valence-corrected chi connectivity index (χ4v) is 4.54. The molecule has 3 heterocycles. The Labute approximate surface area is 212 Å². The molecule has 37 heavy (non-hydrogen) atoms. The van der Waals surface area contributed by atoms with Crippen molar-refractivity contribution in [1.82, 2.24) is 24.9 Å². The van der Waals surface area contributed by atoms with E-state index in [1.54, 1.807) is 6.21 Å². The number of aromatic amines is 1. The van der Waals surface area contributed by atoms with Gasteiger partial charge in [-0.1, -0.05) is 60.7 Å². The number of amides is 1. The Balaban J connectivity index is 1.35. The number of carbonyl (C=O) groups is 1. The second-order valence-corrected chi connectivity index (χ2v) is 8.84. The van der Waals surface area contributed by atoms with E-state index in [0.29, 0.717) is 28.7 Å². The number of hydrogen-bond donors (Lipinski definition) is 3. The van der Waals surface area contributed by atoms with Crippen LogP contribution in [0.25, 0.3) is 33.1 Å². The molecule has 0 saturated carbocycles. The van der Waals surface area contributed by atoms with Crippen molar-refractivity contribution in [2.24, 2.45) is 5.10 Å². The van der Waals surface area contributed by atoms with Gasteiger partial charge in [-0.25, -0.2) is 9.97 Å². The van der Waals surface area contributed by atoms with Gasteiger partial charge < -0.3 is 16.0 Å². The van der Waals surface area contributed by atoms with Gasteiger partial charge in [0.2, 0.25) is 0 Å². The van der Waals surface area contributed by atoms with E-state index in [1.165, 1.54) is 10.2 Å². The van der Waals surface area contributed by atoms with Crippen molar-refractivity contribution in [3.63, 3.8) is 0 Å². The molecule has 4 N–H and O–H groups in total. The first-order valence-electron chi connectivity index (χ1n) is 12.2. The number of rotatable bonds is 7. The highest BCUT2D eigenvalue weighted by atomic mass is 16.1. The van der Waals surface area contributed by atoms with E-state index in [2.05, 4.69) is 27.5 Å². The highest BCUT2D eigenvalue weighted by Crippen LogP contribution is 2.28. The quantitative estimate of drug-likeness (QED) is 0.220. The molecule has 3 aromatic carbocycles. The van der Waals surface area contributed by atoms with Crippen LogP contribution >= 0.6 is 0 Å². The van der Waals surface area contributed by atoms with Crippen molar-refractivity contribution in [2.75, 3.05) is 12.3 Å². The van der Waals surface area contributed by atoms with Gasteiger partial charge in [-0.15, -0.1) is 0 Å². The lowest BCUT2D eigenvalue weighted by Gasteiger charge is -2.06. The minimum atomic E-state index is -0.291. The van der Waals surface area contributed by atoms with Gasteiger partial charge in [-0.05, 0) is 36.6 Å². The van der Waals surface area contributed by atoms with Gasteiger partial charge in [0.15, 0.2) is 5.65 Å². The van der Waals surface area contributed by atoms with Crippen LogP contribution < -0.4 is 11.1 Å². The third kappa shape index (κ3) is 4.29. The summed E-state index contributed by atoms with van der Waals surface area (Å²) >= 11 is 0. The summed E-state index contributed by atoms with van der Waals surface area (Å²) in [5, 5.41) is 8.67. The number of benzene rings is 3. The van der Waals surface area contributed by atoms with Gasteiger partial charge in [0.1, 0.15) is 16.9 Å². The average molecular weight is 488 g/mol. The van der Waals surface area contributed by atoms with Crippen LogP contribution in [0.4, 0.5) is 5.82 Å². The standard InChI is InChI=1S/C29H25N7O/c30-27-25(29(37)31-16-8-11-19-9-2-1-3-10-19)26-28(35-24-15-7-6-14-23(24)34-26)36(27)33-18-20-17-32-22-13-5-4-12-21(20)22/h1-7,9-10,12-15,17-18,32H,8,11,16,30H2,(H,31,37)/b33-18-. The number of aromatic nitrogens is 4. The third-order valence-corrected chi connectivity index (χ3v) is 6.41. The van der Waals surface area contributed by atoms with Gasteiger partial charge in [0, 0.05) is 29.2 Å². The normalized spacial score (nSPS) is 11.7. The number of anilines is 1. The molecule has 0 atom stereocenters. The molecule has 8 heteroatoms. The lowest BCUT2D eigenvalue weighted by Crippen LogP contribution is -2.25. The molecule has 0 unspecified atom stereocenters. The van der Waals surface area contributed by atoms with Crippen LogP contribution in [0.15, 0.2) is 90.2 Å². The molecule has 6 rings (SSSR count). The number of H-pyrrole nitrogens is 1.